The third-order valence-electron chi connectivity index (χ3n) is 6.52. The Bertz CT molecular complexity index is 1070. The van der Waals surface area contributed by atoms with Crippen molar-refractivity contribution in [2.45, 2.75) is 31.1 Å². The van der Waals surface area contributed by atoms with E-state index in [0.717, 1.165) is 31.7 Å². The van der Waals surface area contributed by atoms with Crippen LogP contribution in [0.15, 0.2) is 42.5 Å². The number of fused-ring (bicyclic) bond motifs is 2. The average molecular weight is 408 g/mol. The number of carbonyl (C=O) groups is 2. The number of hydrogen-bond donors (Lipinski definition) is 1. The molecule has 3 aliphatic rings. The van der Waals surface area contributed by atoms with Gasteiger partial charge in [-0.2, -0.15) is 0 Å². The third kappa shape index (κ3) is 3.20. The number of nitrogens with zero attached hydrogens (tertiary/aromatic N) is 1. The van der Waals surface area contributed by atoms with Crippen molar-refractivity contribution in [2.24, 2.45) is 5.92 Å². The fraction of sp³-hybridized carbons (Fsp3) is 0.333. The van der Waals surface area contributed by atoms with Crippen LogP contribution in [-0.2, 0) is 10.2 Å². The molecule has 1 heterocycles. The predicted octanol–water partition coefficient (Wildman–Crippen LogP) is 4.51. The highest BCUT2D eigenvalue weighted by Crippen LogP contribution is 2.43. The number of carbonyl (C=O) groups excluding carboxylic acids is 2. The molecule has 2 aromatic carbocycles. The summed E-state index contributed by atoms with van der Waals surface area (Å²) in [5.41, 5.74) is 2.05. The van der Waals surface area contributed by atoms with E-state index in [2.05, 4.69) is 29.6 Å². The van der Waals surface area contributed by atoms with Gasteiger partial charge < -0.3 is 10.2 Å². The van der Waals surface area contributed by atoms with Gasteiger partial charge in [-0.3, -0.25) is 9.59 Å². The smallest absolute Gasteiger partial charge is 0.256 e. The van der Waals surface area contributed by atoms with E-state index >= 15 is 0 Å². The van der Waals surface area contributed by atoms with Gasteiger partial charge in [0.15, 0.2) is 0 Å². The number of amides is 2. The standard InChI is InChI=1S/C24H22F2N2O2/c25-19-14-20(26)21(27-22(29)16-5-6-16)13-17(19)23(30)28-11-9-24(10-12-28)8-7-15-3-1-2-4-18(15)24/h1-4,7-8,13-14,16H,5-6,9-12H2,(H,27,29). The van der Waals surface area contributed by atoms with E-state index < -0.39 is 17.5 Å². The van der Waals surface area contributed by atoms with E-state index in [9.17, 15) is 18.4 Å². The lowest BCUT2D eigenvalue weighted by Gasteiger charge is -2.39. The molecule has 0 aromatic heterocycles. The van der Waals surface area contributed by atoms with E-state index in [4.69, 9.17) is 0 Å². The van der Waals surface area contributed by atoms with Crippen molar-refractivity contribution in [1.29, 1.82) is 0 Å². The van der Waals surface area contributed by atoms with Gasteiger partial charge in [-0.25, -0.2) is 8.78 Å². The summed E-state index contributed by atoms with van der Waals surface area (Å²) in [5, 5.41) is 2.49. The van der Waals surface area contributed by atoms with Crippen LogP contribution in [0, 0.1) is 17.6 Å². The number of likely N-dealkylation sites (tertiary alicyclic amines) is 1. The molecule has 2 amide bonds. The summed E-state index contributed by atoms with van der Waals surface area (Å²) in [7, 11) is 0. The van der Waals surface area contributed by atoms with Crippen LogP contribution in [0.25, 0.3) is 6.08 Å². The summed E-state index contributed by atoms with van der Waals surface area (Å²) in [6, 6.07) is 10.1. The normalized spacial score (nSPS) is 19.1. The largest absolute Gasteiger partial charge is 0.338 e. The predicted molar refractivity (Wildman–Crippen MR) is 110 cm³/mol. The Morgan fingerprint density at radius 1 is 1.03 bits per heavy atom. The molecule has 0 unspecified atom stereocenters. The number of nitrogens with one attached hydrogen (secondary N) is 1. The van der Waals surface area contributed by atoms with Crippen LogP contribution in [0.5, 0.6) is 0 Å². The van der Waals surface area contributed by atoms with Crippen molar-refractivity contribution in [3.05, 3.63) is 70.8 Å². The molecule has 0 atom stereocenters. The molecule has 5 rings (SSSR count). The number of allylic oxidation sites excluding steroid dienone is 1. The maximum atomic E-state index is 14.4. The minimum atomic E-state index is -0.909. The van der Waals surface area contributed by atoms with Gasteiger partial charge >= 0.3 is 0 Å². The first-order chi connectivity index (χ1) is 14.5. The lowest BCUT2D eigenvalue weighted by Crippen LogP contribution is -2.44. The van der Waals surface area contributed by atoms with Crippen LogP contribution in [0.3, 0.4) is 0 Å². The van der Waals surface area contributed by atoms with E-state index in [-0.39, 0.29) is 28.5 Å². The molecule has 2 fully saturated rings. The molecule has 2 aromatic rings. The van der Waals surface area contributed by atoms with Gasteiger partial charge in [0.2, 0.25) is 5.91 Å². The fourth-order valence-corrected chi connectivity index (χ4v) is 4.54. The molecule has 2 aliphatic carbocycles. The molecule has 6 heteroatoms. The Morgan fingerprint density at radius 2 is 1.77 bits per heavy atom. The second-order valence-electron chi connectivity index (χ2n) is 8.44. The minimum absolute atomic E-state index is 0.0852. The van der Waals surface area contributed by atoms with Gasteiger partial charge in [-0.15, -0.1) is 0 Å². The Balaban J connectivity index is 1.33. The molecule has 30 heavy (non-hydrogen) atoms. The van der Waals surface area contributed by atoms with Crippen LogP contribution in [0.2, 0.25) is 0 Å². The van der Waals surface area contributed by atoms with Crippen molar-refractivity contribution in [3.63, 3.8) is 0 Å². The summed E-state index contributed by atoms with van der Waals surface area (Å²) in [5.74, 6) is -2.66. The topological polar surface area (TPSA) is 49.4 Å². The zero-order valence-electron chi connectivity index (χ0n) is 16.5. The van der Waals surface area contributed by atoms with E-state index in [1.807, 2.05) is 12.1 Å². The van der Waals surface area contributed by atoms with E-state index in [0.29, 0.717) is 19.2 Å². The number of rotatable bonds is 3. The van der Waals surface area contributed by atoms with Gasteiger partial charge in [0.05, 0.1) is 11.3 Å². The highest BCUT2D eigenvalue weighted by molar-refractivity contribution is 5.98. The van der Waals surface area contributed by atoms with Crippen molar-refractivity contribution >= 4 is 23.6 Å². The van der Waals surface area contributed by atoms with Crippen LogP contribution in [0.1, 0.15) is 47.2 Å². The lowest BCUT2D eigenvalue weighted by atomic mass is 9.74. The van der Waals surface area contributed by atoms with E-state index in [1.165, 1.54) is 11.1 Å². The third-order valence-corrected chi connectivity index (χ3v) is 6.52. The molecule has 0 bridgehead atoms. The first kappa shape index (κ1) is 19.0. The molecule has 1 saturated heterocycles. The average Bonchev–Trinajstić information content (AvgIpc) is 3.55. The highest BCUT2D eigenvalue weighted by Gasteiger charge is 2.39. The Kier molecular flexibility index (Phi) is 4.45. The summed E-state index contributed by atoms with van der Waals surface area (Å²) in [4.78, 5) is 26.6. The molecular weight excluding hydrogens is 386 g/mol. The summed E-state index contributed by atoms with van der Waals surface area (Å²) in [6.45, 7) is 0.968. The van der Waals surface area contributed by atoms with E-state index in [1.54, 1.807) is 4.90 Å². The van der Waals surface area contributed by atoms with Crippen LogP contribution < -0.4 is 5.32 Å². The molecule has 1 N–H and O–H groups in total. The summed E-state index contributed by atoms with van der Waals surface area (Å²) >= 11 is 0. The van der Waals surface area contributed by atoms with Crippen LogP contribution >= 0.6 is 0 Å². The highest BCUT2D eigenvalue weighted by atomic mass is 19.1. The van der Waals surface area contributed by atoms with Crippen molar-refractivity contribution in [3.8, 4) is 0 Å². The van der Waals surface area contributed by atoms with Crippen LogP contribution in [-0.4, -0.2) is 29.8 Å². The quantitative estimate of drug-likeness (QED) is 0.812. The number of anilines is 1. The molecule has 1 saturated carbocycles. The van der Waals surface area contributed by atoms with Gasteiger partial charge in [0.1, 0.15) is 11.6 Å². The first-order valence-corrected chi connectivity index (χ1v) is 10.3. The van der Waals surface area contributed by atoms with Crippen molar-refractivity contribution < 1.29 is 18.4 Å². The monoisotopic (exact) mass is 408 g/mol. The summed E-state index contributed by atoms with van der Waals surface area (Å²) in [6.07, 6.45) is 7.38. The Labute approximate surface area is 173 Å². The number of piperidine rings is 1. The van der Waals surface area contributed by atoms with Gasteiger partial charge in [0, 0.05) is 30.5 Å². The van der Waals surface area contributed by atoms with Gasteiger partial charge in [-0.1, -0.05) is 36.4 Å². The number of halogens is 2. The molecular formula is C24H22F2N2O2. The minimum Gasteiger partial charge on any atom is -0.338 e. The second kappa shape index (κ2) is 7.04. The van der Waals surface area contributed by atoms with Crippen molar-refractivity contribution in [1.82, 2.24) is 4.90 Å². The molecule has 0 radical (unpaired) electrons. The van der Waals surface area contributed by atoms with Gasteiger partial charge in [0.25, 0.3) is 5.91 Å². The molecule has 1 aliphatic heterocycles. The maximum Gasteiger partial charge on any atom is 0.256 e. The van der Waals surface area contributed by atoms with Crippen LogP contribution in [0.4, 0.5) is 14.5 Å². The lowest BCUT2D eigenvalue weighted by molar-refractivity contribution is -0.117. The Hall–Kier alpha value is -3.02. The number of hydrogen-bond acceptors (Lipinski definition) is 2. The first-order valence-electron chi connectivity index (χ1n) is 10.3. The Morgan fingerprint density at radius 3 is 2.50 bits per heavy atom. The molecule has 4 nitrogen and oxygen atoms in total. The number of benzene rings is 2. The SMILES string of the molecule is O=C(Nc1cc(C(=O)N2CCC3(C=Cc4ccccc43)CC2)c(F)cc1F)C1CC1. The van der Waals surface area contributed by atoms with Crippen molar-refractivity contribution in [2.75, 3.05) is 18.4 Å². The maximum absolute atomic E-state index is 14.4. The summed E-state index contributed by atoms with van der Waals surface area (Å²) < 4.78 is 28.6. The molecule has 154 valence electrons. The zero-order valence-corrected chi connectivity index (χ0v) is 16.5. The zero-order chi connectivity index (χ0) is 20.9. The fourth-order valence-electron chi connectivity index (χ4n) is 4.54. The molecule has 1 spiro atoms. The van der Waals surface area contributed by atoms with Gasteiger partial charge in [-0.05, 0) is 42.9 Å². The second-order valence-corrected chi connectivity index (χ2v) is 8.44.